The van der Waals surface area contributed by atoms with Gasteiger partial charge in [-0.2, -0.15) is 0 Å². The molecular weight excluding hydrogens is 384 g/mol. The monoisotopic (exact) mass is 407 g/mol. The third-order valence-electron chi connectivity index (χ3n) is 6.43. The van der Waals surface area contributed by atoms with Crippen LogP contribution >= 0.6 is 0 Å². The van der Waals surface area contributed by atoms with Crippen molar-refractivity contribution >= 4 is 11.9 Å². The van der Waals surface area contributed by atoms with Crippen LogP contribution in [0.25, 0.3) is 0 Å². The molecule has 156 valence electrons. The largest absolute Gasteiger partial charge is 0.487 e. The van der Waals surface area contributed by atoms with Gasteiger partial charge in [-0.15, -0.1) is 0 Å². The molecule has 29 heavy (non-hydrogen) atoms. The normalized spacial score (nSPS) is 28.3. The fourth-order valence-corrected chi connectivity index (χ4v) is 4.97. The van der Waals surface area contributed by atoms with Gasteiger partial charge in [0.2, 0.25) is 5.91 Å². The Balaban J connectivity index is 1.10. The smallest absolute Gasteiger partial charge is 0.320 e. The Labute approximate surface area is 166 Å². The first kappa shape index (κ1) is 18.6. The zero-order chi connectivity index (χ0) is 20.2. The molecule has 0 unspecified atom stereocenters. The van der Waals surface area contributed by atoms with Crippen LogP contribution in [0.15, 0.2) is 18.2 Å². The second kappa shape index (κ2) is 6.83. The summed E-state index contributed by atoms with van der Waals surface area (Å²) in [5.41, 5.74) is 0.0390. The van der Waals surface area contributed by atoms with Gasteiger partial charge in [0.25, 0.3) is 0 Å². The van der Waals surface area contributed by atoms with Gasteiger partial charge in [0, 0.05) is 37.7 Å². The molecular formula is C20H23F2N3O4. The van der Waals surface area contributed by atoms with Crippen LogP contribution in [-0.2, 0) is 9.53 Å². The average Bonchev–Trinajstić information content (AvgIpc) is 2.63. The Morgan fingerprint density at radius 2 is 2.03 bits per heavy atom. The number of rotatable bonds is 2. The minimum atomic E-state index is -0.696. The molecule has 7 nitrogen and oxygen atoms in total. The molecule has 2 atom stereocenters. The van der Waals surface area contributed by atoms with Crippen LogP contribution in [0.4, 0.5) is 13.6 Å². The number of morpholine rings is 1. The van der Waals surface area contributed by atoms with Gasteiger partial charge in [-0.05, 0) is 31.4 Å². The first-order valence-corrected chi connectivity index (χ1v) is 9.97. The summed E-state index contributed by atoms with van der Waals surface area (Å²) < 4.78 is 37.9. The maximum absolute atomic E-state index is 13.7. The van der Waals surface area contributed by atoms with E-state index in [-0.39, 0.29) is 48.0 Å². The fourth-order valence-electron chi connectivity index (χ4n) is 4.97. The molecule has 1 aromatic carbocycles. The number of carbonyl (C=O) groups excluding carboxylic acids is 2. The number of piperidine rings is 1. The number of benzene rings is 1. The van der Waals surface area contributed by atoms with Crippen LogP contribution in [0.2, 0.25) is 0 Å². The topological polar surface area (TPSA) is 71.1 Å². The van der Waals surface area contributed by atoms with Crippen LogP contribution in [0.1, 0.15) is 19.3 Å². The third kappa shape index (κ3) is 3.41. The Bertz CT molecular complexity index is 837. The number of nitrogens with one attached hydrogen (secondary N) is 1. The zero-order valence-electron chi connectivity index (χ0n) is 15.9. The van der Waals surface area contributed by atoms with Crippen molar-refractivity contribution in [2.24, 2.45) is 5.41 Å². The van der Waals surface area contributed by atoms with E-state index < -0.39 is 11.6 Å². The fraction of sp³-hybridized carbons (Fsp3) is 0.600. The molecule has 4 aliphatic rings. The molecule has 1 aromatic rings. The molecule has 1 aliphatic carbocycles. The molecule has 3 heterocycles. The number of nitrogens with zero attached hydrogens (tertiary/aromatic N) is 2. The summed E-state index contributed by atoms with van der Waals surface area (Å²) in [7, 11) is 0. The predicted molar refractivity (Wildman–Crippen MR) is 97.3 cm³/mol. The second-order valence-corrected chi connectivity index (χ2v) is 8.62. The molecule has 3 amide bonds. The Hall–Kier alpha value is -2.42. The molecule has 0 bridgehead atoms. The maximum Gasteiger partial charge on any atom is 0.320 e. The number of carbonyl (C=O) groups is 2. The summed E-state index contributed by atoms with van der Waals surface area (Å²) in [5.74, 6) is -1.39. The molecule has 1 N–H and O–H groups in total. The van der Waals surface area contributed by atoms with Crippen molar-refractivity contribution in [3.05, 3.63) is 29.8 Å². The van der Waals surface area contributed by atoms with E-state index in [0.29, 0.717) is 26.2 Å². The van der Waals surface area contributed by atoms with Crippen LogP contribution in [0.3, 0.4) is 0 Å². The minimum Gasteiger partial charge on any atom is -0.487 e. The molecule has 1 saturated carbocycles. The van der Waals surface area contributed by atoms with Crippen molar-refractivity contribution in [2.45, 2.75) is 37.5 Å². The highest BCUT2D eigenvalue weighted by atomic mass is 19.1. The van der Waals surface area contributed by atoms with Gasteiger partial charge in [-0.25, -0.2) is 13.6 Å². The SMILES string of the molecule is O=C1CO[C@H]2CCN(C(=O)N3CC4(CC(Oc5ccc(F)cc5F)C4)C3)C[C@H]2N1. The summed E-state index contributed by atoms with van der Waals surface area (Å²) in [6.45, 7) is 2.49. The quantitative estimate of drug-likeness (QED) is 0.807. The number of likely N-dealkylation sites (tertiary alicyclic amines) is 2. The van der Waals surface area contributed by atoms with Crippen molar-refractivity contribution in [3.63, 3.8) is 0 Å². The van der Waals surface area contributed by atoms with E-state index in [0.717, 1.165) is 25.3 Å². The molecule has 3 saturated heterocycles. The van der Waals surface area contributed by atoms with Gasteiger partial charge in [-0.3, -0.25) is 4.79 Å². The van der Waals surface area contributed by atoms with Crippen molar-refractivity contribution in [1.29, 1.82) is 0 Å². The van der Waals surface area contributed by atoms with Gasteiger partial charge < -0.3 is 24.6 Å². The van der Waals surface area contributed by atoms with Gasteiger partial charge in [0.05, 0.1) is 12.1 Å². The van der Waals surface area contributed by atoms with E-state index in [9.17, 15) is 18.4 Å². The highest BCUT2D eigenvalue weighted by molar-refractivity contribution is 5.79. The molecule has 4 fully saturated rings. The lowest BCUT2D eigenvalue weighted by Crippen LogP contribution is -2.69. The predicted octanol–water partition coefficient (Wildman–Crippen LogP) is 1.52. The summed E-state index contributed by atoms with van der Waals surface area (Å²) in [5, 5.41) is 2.91. The number of hydrogen-bond acceptors (Lipinski definition) is 4. The lowest BCUT2D eigenvalue weighted by molar-refractivity contribution is -0.140. The number of halogens is 2. The van der Waals surface area contributed by atoms with Crippen LogP contribution in [-0.4, -0.2) is 72.8 Å². The molecule has 0 aromatic heterocycles. The first-order chi connectivity index (χ1) is 13.9. The Morgan fingerprint density at radius 1 is 1.24 bits per heavy atom. The van der Waals surface area contributed by atoms with Gasteiger partial charge in [-0.1, -0.05) is 0 Å². The van der Waals surface area contributed by atoms with E-state index >= 15 is 0 Å². The lowest BCUT2D eigenvalue weighted by atomic mass is 9.62. The summed E-state index contributed by atoms with van der Waals surface area (Å²) in [6.07, 6.45) is 2.09. The van der Waals surface area contributed by atoms with Crippen molar-refractivity contribution in [3.8, 4) is 5.75 Å². The molecule has 3 aliphatic heterocycles. The van der Waals surface area contributed by atoms with E-state index in [1.807, 2.05) is 4.90 Å². The van der Waals surface area contributed by atoms with Gasteiger partial charge in [0.1, 0.15) is 18.5 Å². The van der Waals surface area contributed by atoms with Gasteiger partial charge in [0.15, 0.2) is 11.6 Å². The van der Waals surface area contributed by atoms with Crippen LogP contribution < -0.4 is 10.1 Å². The van der Waals surface area contributed by atoms with Crippen LogP contribution in [0, 0.1) is 17.0 Å². The molecule has 1 spiro atoms. The van der Waals surface area contributed by atoms with E-state index in [1.54, 1.807) is 4.90 Å². The van der Waals surface area contributed by atoms with Crippen molar-refractivity contribution in [2.75, 3.05) is 32.8 Å². The Kier molecular flexibility index (Phi) is 4.38. The van der Waals surface area contributed by atoms with E-state index in [2.05, 4.69) is 5.32 Å². The zero-order valence-corrected chi connectivity index (χ0v) is 15.9. The van der Waals surface area contributed by atoms with E-state index in [1.165, 1.54) is 12.1 Å². The number of fused-ring (bicyclic) bond motifs is 1. The van der Waals surface area contributed by atoms with Crippen molar-refractivity contribution in [1.82, 2.24) is 15.1 Å². The molecule has 0 radical (unpaired) electrons. The molecule has 5 rings (SSSR count). The lowest BCUT2D eigenvalue weighted by Gasteiger charge is -2.59. The Morgan fingerprint density at radius 3 is 2.79 bits per heavy atom. The number of ether oxygens (including phenoxy) is 2. The number of amides is 3. The summed E-state index contributed by atoms with van der Waals surface area (Å²) in [4.78, 5) is 27.9. The number of hydrogen-bond donors (Lipinski definition) is 1. The first-order valence-electron chi connectivity index (χ1n) is 9.97. The van der Waals surface area contributed by atoms with Gasteiger partial charge >= 0.3 is 6.03 Å². The highest BCUT2D eigenvalue weighted by Crippen LogP contribution is 2.50. The average molecular weight is 407 g/mol. The maximum atomic E-state index is 13.7. The number of urea groups is 1. The standard InChI is InChI=1S/C20H23F2N3O4/c21-12-1-2-16(14(22)5-12)29-13-6-20(7-13)10-25(11-20)19(27)24-4-3-17-15(8-24)23-18(26)9-28-17/h1-2,5,13,15,17H,3-4,6-11H2,(H,23,26)/t15-,17+/m1/s1. The molecule has 9 heteroatoms. The highest BCUT2D eigenvalue weighted by Gasteiger charge is 2.55. The van der Waals surface area contributed by atoms with Crippen LogP contribution in [0.5, 0.6) is 5.75 Å². The second-order valence-electron chi connectivity index (χ2n) is 8.62. The van der Waals surface area contributed by atoms with Crippen molar-refractivity contribution < 1.29 is 27.8 Å². The van der Waals surface area contributed by atoms with E-state index in [4.69, 9.17) is 9.47 Å². The summed E-state index contributed by atoms with van der Waals surface area (Å²) >= 11 is 0. The third-order valence-corrected chi connectivity index (χ3v) is 6.43. The summed E-state index contributed by atoms with van der Waals surface area (Å²) in [6, 6.07) is 3.15. The minimum absolute atomic E-state index is 0.0113.